The molecule has 0 spiro atoms. The highest BCUT2D eigenvalue weighted by Gasteiger charge is 2.39. The Morgan fingerprint density at radius 2 is 2.33 bits per heavy atom. The standard InChI is InChI=1S/C14H20N2OS/c1-2-12-14(17)16(7-5-10-3-4-10)13(15-12)11-6-8-18-9-11/h6,8-10,12-13,15H,2-5,7H2,1H3. The lowest BCUT2D eigenvalue weighted by Gasteiger charge is -2.23. The summed E-state index contributed by atoms with van der Waals surface area (Å²) in [5.74, 6) is 1.16. The van der Waals surface area contributed by atoms with E-state index in [0.29, 0.717) is 0 Å². The number of hydrogen-bond donors (Lipinski definition) is 1. The SMILES string of the molecule is CCC1NC(c2ccsc2)N(CCC2CC2)C1=O. The van der Waals surface area contributed by atoms with Gasteiger partial charge in [0, 0.05) is 6.54 Å². The van der Waals surface area contributed by atoms with Crippen LogP contribution >= 0.6 is 11.3 Å². The maximum absolute atomic E-state index is 12.3. The van der Waals surface area contributed by atoms with E-state index < -0.39 is 0 Å². The Morgan fingerprint density at radius 3 is 2.94 bits per heavy atom. The monoisotopic (exact) mass is 264 g/mol. The number of carbonyl (C=O) groups is 1. The topological polar surface area (TPSA) is 32.3 Å². The first-order valence-electron chi connectivity index (χ1n) is 6.88. The molecule has 2 atom stereocenters. The molecule has 1 aliphatic carbocycles. The average Bonchev–Trinajstić information content (AvgIpc) is 2.94. The summed E-state index contributed by atoms with van der Waals surface area (Å²) in [6.45, 7) is 2.98. The van der Waals surface area contributed by atoms with Gasteiger partial charge < -0.3 is 4.90 Å². The molecule has 1 aromatic rings. The second kappa shape index (κ2) is 5.02. The first-order valence-corrected chi connectivity index (χ1v) is 7.82. The fraction of sp³-hybridized carbons (Fsp3) is 0.643. The van der Waals surface area contributed by atoms with Crippen LogP contribution in [-0.2, 0) is 4.79 Å². The van der Waals surface area contributed by atoms with Crippen LogP contribution in [0.1, 0.15) is 44.3 Å². The van der Waals surface area contributed by atoms with Crippen molar-refractivity contribution in [2.45, 2.75) is 44.8 Å². The molecule has 3 rings (SSSR count). The van der Waals surface area contributed by atoms with Crippen LogP contribution in [0.15, 0.2) is 16.8 Å². The Bertz CT molecular complexity index is 413. The van der Waals surface area contributed by atoms with Crippen LogP contribution in [0.2, 0.25) is 0 Å². The fourth-order valence-electron chi connectivity index (χ4n) is 2.65. The van der Waals surface area contributed by atoms with Gasteiger partial charge in [0.25, 0.3) is 0 Å². The van der Waals surface area contributed by atoms with E-state index in [0.717, 1.165) is 18.9 Å². The number of amides is 1. The van der Waals surface area contributed by atoms with E-state index in [2.05, 4.69) is 34.0 Å². The third-order valence-corrected chi connectivity index (χ3v) is 4.70. The normalized spacial score (nSPS) is 28.1. The molecule has 1 N–H and O–H groups in total. The van der Waals surface area contributed by atoms with Crippen LogP contribution in [-0.4, -0.2) is 23.4 Å². The Balaban J connectivity index is 1.74. The maximum atomic E-state index is 12.3. The summed E-state index contributed by atoms with van der Waals surface area (Å²) in [4.78, 5) is 14.4. The molecule has 4 heteroatoms. The molecule has 1 aliphatic heterocycles. The zero-order chi connectivity index (χ0) is 12.5. The Morgan fingerprint density at radius 1 is 1.50 bits per heavy atom. The third-order valence-electron chi connectivity index (χ3n) is 3.99. The first kappa shape index (κ1) is 12.2. The molecule has 98 valence electrons. The molecular formula is C14H20N2OS. The van der Waals surface area contributed by atoms with Gasteiger partial charge in [-0.3, -0.25) is 10.1 Å². The quantitative estimate of drug-likeness (QED) is 0.887. The highest BCUT2D eigenvalue weighted by atomic mass is 32.1. The van der Waals surface area contributed by atoms with Gasteiger partial charge >= 0.3 is 0 Å². The summed E-state index contributed by atoms with van der Waals surface area (Å²) in [5, 5.41) is 7.70. The van der Waals surface area contributed by atoms with Crippen molar-refractivity contribution < 1.29 is 4.79 Å². The van der Waals surface area contributed by atoms with Crippen molar-refractivity contribution in [3.8, 4) is 0 Å². The van der Waals surface area contributed by atoms with Crippen LogP contribution in [0.4, 0.5) is 0 Å². The van der Waals surface area contributed by atoms with Gasteiger partial charge in [-0.05, 0) is 41.1 Å². The predicted octanol–water partition coefficient (Wildman–Crippen LogP) is 2.76. The second-order valence-corrected chi connectivity index (χ2v) is 6.13. The van der Waals surface area contributed by atoms with Gasteiger partial charge in [-0.15, -0.1) is 0 Å². The van der Waals surface area contributed by atoms with E-state index in [-0.39, 0.29) is 18.1 Å². The number of nitrogens with one attached hydrogen (secondary N) is 1. The van der Waals surface area contributed by atoms with Gasteiger partial charge in [0.05, 0.1) is 6.04 Å². The van der Waals surface area contributed by atoms with Crippen LogP contribution in [0.3, 0.4) is 0 Å². The number of nitrogens with zero attached hydrogens (tertiary/aromatic N) is 1. The van der Waals surface area contributed by atoms with Gasteiger partial charge in [-0.25, -0.2) is 0 Å². The molecule has 2 fully saturated rings. The van der Waals surface area contributed by atoms with Crippen molar-refractivity contribution >= 4 is 17.2 Å². The molecule has 2 unspecified atom stereocenters. The molecule has 3 nitrogen and oxygen atoms in total. The Hall–Kier alpha value is -0.870. The molecule has 0 aromatic carbocycles. The van der Waals surface area contributed by atoms with E-state index in [1.165, 1.54) is 24.8 Å². The Labute approximate surface area is 112 Å². The molecular weight excluding hydrogens is 244 g/mol. The van der Waals surface area contributed by atoms with Crippen molar-refractivity contribution in [2.24, 2.45) is 5.92 Å². The highest BCUT2D eigenvalue weighted by Crippen LogP contribution is 2.35. The van der Waals surface area contributed by atoms with E-state index in [9.17, 15) is 4.79 Å². The summed E-state index contributed by atoms with van der Waals surface area (Å²) >= 11 is 1.70. The number of hydrogen-bond acceptors (Lipinski definition) is 3. The van der Waals surface area contributed by atoms with Gasteiger partial charge in [0.2, 0.25) is 5.91 Å². The molecule has 0 radical (unpaired) electrons. The molecule has 1 saturated carbocycles. The molecule has 0 bridgehead atoms. The minimum atomic E-state index is 0.00843. The fourth-order valence-corrected chi connectivity index (χ4v) is 3.32. The van der Waals surface area contributed by atoms with Gasteiger partial charge in [0.15, 0.2) is 0 Å². The summed E-state index contributed by atoms with van der Waals surface area (Å²) in [7, 11) is 0. The lowest BCUT2D eigenvalue weighted by Crippen LogP contribution is -2.32. The lowest BCUT2D eigenvalue weighted by molar-refractivity contribution is -0.130. The second-order valence-electron chi connectivity index (χ2n) is 5.35. The van der Waals surface area contributed by atoms with Crippen LogP contribution in [0.25, 0.3) is 0 Å². The van der Waals surface area contributed by atoms with Gasteiger partial charge in [-0.1, -0.05) is 19.8 Å². The third kappa shape index (κ3) is 2.31. The summed E-state index contributed by atoms with van der Waals surface area (Å²) in [6.07, 6.45) is 4.86. The van der Waals surface area contributed by atoms with Crippen molar-refractivity contribution in [3.05, 3.63) is 22.4 Å². The van der Waals surface area contributed by atoms with E-state index in [1.807, 2.05) is 0 Å². The molecule has 18 heavy (non-hydrogen) atoms. The summed E-state index contributed by atoms with van der Waals surface area (Å²) in [6, 6.07) is 2.13. The van der Waals surface area contributed by atoms with Gasteiger partial charge in [-0.2, -0.15) is 11.3 Å². The smallest absolute Gasteiger partial charge is 0.241 e. The van der Waals surface area contributed by atoms with Crippen molar-refractivity contribution in [1.82, 2.24) is 10.2 Å². The van der Waals surface area contributed by atoms with Crippen LogP contribution < -0.4 is 5.32 Å². The first-order chi connectivity index (χ1) is 8.79. The molecule has 1 aromatic heterocycles. The number of rotatable bonds is 5. The predicted molar refractivity (Wildman–Crippen MR) is 73.3 cm³/mol. The van der Waals surface area contributed by atoms with Gasteiger partial charge in [0.1, 0.15) is 6.17 Å². The van der Waals surface area contributed by atoms with Crippen LogP contribution in [0.5, 0.6) is 0 Å². The zero-order valence-electron chi connectivity index (χ0n) is 10.8. The number of thiophene rings is 1. The van der Waals surface area contributed by atoms with Crippen molar-refractivity contribution in [2.75, 3.05) is 6.54 Å². The Kier molecular flexibility index (Phi) is 3.39. The molecule has 2 heterocycles. The minimum absolute atomic E-state index is 0.00843. The molecule has 1 saturated heterocycles. The van der Waals surface area contributed by atoms with E-state index in [1.54, 1.807) is 11.3 Å². The largest absolute Gasteiger partial charge is 0.322 e. The number of carbonyl (C=O) groups excluding carboxylic acids is 1. The van der Waals surface area contributed by atoms with Crippen molar-refractivity contribution in [3.63, 3.8) is 0 Å². The lowest BCUT2D eigenvalue weighted by atomic mass is 10.2. The van der Waals surface area contributed by atoms with E-state index in [4.69, 9.17) is 0 Å². The zero-order valence-corrected chi connectivity index (χ0v) is 11.6. The van der Waals surface area contributed by atoms with Crippen molar-refractivity contribution in [1.29, 1.82) is 0 Å². The highest BCUT2D eigenvalue weighted by molar-refractivity contribution is 7.07. The molecule has 2 aliphatic rings. The average molecular weight is 264 g/mol. The maximum Gasteiger partial charge on any atom is 0.241 e. The van der Waals surface area contributed by atoms with E-state index >= 15 is 0 Å². The molecule has 1 amide bonds. The summed E-state index contributed by atoms with van der Waals surface area (Å²) < 4.78 is 0. The summed E-state index contributed by atoms with van der Waals surface area (Å²) in [5.41, 5.74) is 1.24. The van der Waals surface area contributed by atoms with Crippen LogP contribution in [0, 0.1) is 5.92 Å². The minimum Gasteiger partial charge on any atom is -0.322 e.